The van der Waals surface area contributed by atoms with E-state index in [1.165, 1.54) is 0 Å². The molecule has 0 saturated heterocycles. The number of nitrogens with zero attached hydrogens (tertiary/aromatic N) is 2. The molecule has 1 aromatic rings. The van der Waals surface area contributed by atoms with Crippen LogP contribution in [0.1, 0.15) is 11.7 Å². The normalized spacial score (nSPS) is 11.5. The van der Waals surface area contributed by atoms with Gasteiger partial charge in [-0.1, -0.05) is 17.4 Å². The van der Waals surface area contributed by atoms with Crippen LogP contribution in [0.5, 0.6) is 0 Å². The average Bonchev–Trinajstić information content (AvgIpc) is 2.46. The van der Waals surface area contributed by atoms with E-state index in [-0.39, 0.29) is 17.4 Å². The molecule has 84 valence electrons. The second kappa shape index (κ2) is 4.64. The molecular formula is C6H10N4O3S2. The fourth-order valence-corrected chi connectivity index (χ4v) is 2.11. The molecule has 0 unspecified atom stereocenters. The van der Waals surface area contributed by atoms with Gasteiger partial charge in [0.05, 0.1) is 11.5 Å². The third kappa shape index (κ3) is 4.32. The Morgan fingerprint density at radius 3 is 2.80 bits per heavy atom. The van der Waals surface area contributed by atoms with Crippen LogP contribution in [0.25, 0.3) is 0 Å². The summed E-state index contributed by atoms with van der Waals surface area (Å²) >= 11 is 4.49. The van der Waals surface area contributed by atoms with Crippen LogP contribution in [0.3, 0.4) is 0 Å². The molecule has 1 rings (SSSR count). The molecule has 0 saturated carbocycles. The molecule has 0 fully saturated rings. The summed E-state index contributed by atoms with van der Waals surface area (Å²) in [5.41, 5.74) is 5.11. The Kier molecular flexibility index (Phi) is 3.72. The lowest BCUT2D eigenvalue weighted by Gasteiger charge is -2.02. The Balaban J connectivity index is 2.53. The minimum Gasteiger partial charge on any atom is -0.392 e. The number of thiocarbonyl (C=S) groups is 1. The van der Waals surface area contributed by atoms with E-state index < -0.39 is 15.8 Å². The third-order valence-corrected chi connectivity index (χ3v) is 2.95. The Morgan fingerprint density at radius 2 is 2.33 bits per heavy atom. The number of aryl methyl sites for hydroxylation is 1. The van der Waals surface area contributed by atoms with Crippen molar-refractivity contribution >= 4 is 27.2 Å². The lowest BCUT2D eigenvalue weighted by molar-refractivity contribution is 0.372. The van der Waals surface area contributed by atoms with Crippen LogP contribution < -0.4 is 10.5 Å². The van der Waals surface area contributed by atoms with Crippen molar-refractivity contribution < 1.29 is 12.9 Å². The fourth-order valence-electron chi connectivity index (χ4n) is 0.822. The zero-order valence-electron chi connectivity index (χ0n) is 7.93. The zero-order valence-corrected chi connectivity index (χ0v) is 9.56. The molecule has 9 heteroatoms. The molecule has 15 heavy (non-hydrogen) atoms. The van der Waals surface area contributed by atoms with Crippen LogP contribution in [0, 0.1) is 6.92 Å². The molecule has 1 aromatic heterocycles. The highest BCUT2D eigenvalue weighted by Crippen LogP contribution is 1.96. The largest absolute Gasteiger partial charge is 0.392 e. The number of nitrogens with two attached hydrogens (primary N) is 1. The van der Waals surface area contributed by atoms with Gasteiger partial charge in [-0.25, -0.2) is 13.1 Å². The standard InChI is InChI=1S/C6H10N4O3S2/c1-4-9-6(13-10-4)2-8-15(11,12)3-5(7)14/h8H,2-3H2,1H3,(H2,7,14). The van der Waals surface area contributed by atoms with Crippen LogP contribution >= 0.6 is 12.2 Å². The molecule has 0 aromatic carbocycles. The number of nitrogens with one attached hydrogen (secondary N) is 1. The molecule has 0 spiro atoms. The minimum atomic E-state index is -3.51. The highest BCUT2D eigenvalue weighted by Gasteiger charge is 2.13. The lowest BCUT2D eigenvalue weighted by atomic mass is 10.6. The van der Waals surface area contributed by atoms with Crippen molar-refractivity contribution in [2.24, 2.45) is 5.73 Å². The molecule has 0 aliphatic carbocycles. The van der Waals surface area contributed by atoms with Gasteiger partial charge in [-0.2, -0.15) is 4.98 Å². The van der Waals surface area contributed by atoms with Gasteiger partial charge in [0.25, 0.3) is 0 Å². The van der Waals surface area contributed by atoms with Gasteiger partial charge in [0.15, 0.2) is 5.82 Å². The molecular weight excluding hydrogens is 240 g/mol. The lowest BCUT2D eigenvalue weighted by Crippen LogP contribution is -2.32. The topological polar surface area (TPSA) is 111 Å². The van der Waals surface area contributed by atoms with E-state index >= 15 is 0 Å². The number of hydrogen-bond acceptors (Lipinski definition) is 6. The molecule has 3 N–H and O–H groups in total. The summed E-state index contributed by atoms with van der Waals surface area (Å²) < 4.78 is 29.4. The van der Waals surface area contributed by atoms with Crippen molar-refractivity contribution in [1.82, 2.24) is 14.9 Å². The molecule has 0 radical (unpaired) electrons. The van der Waals surface area contributed by atoms with E-state index in [0.717, 1.165) is 0 Å². The quantitative estimate of drug-likeness (QED) is 0.650. The summed E-state index contributed by atoms with van der Waals surface area (Å²) in [5.74, 6) is 0.243. The number of hydrogen-bond donors (Lipinski definition) is 2. The van der Waals surface area contributed by atoms with Crippen LogP contribution in [-0.2, 0) is 16.6 Å². The first-order valence-corrected chi connectivity index (χ1v) is 6.00. The fraction of sp³-hybridized carbons (Fsp3) is 0.500. The molecule has 0 amide bonds. The maximum Gasteiger partial charge on any atom is 0.241 e. The van der Waals surface area contributed by atoms with Crippen molar-refractivity contribution in [2.75, 3.05) is 5.75 Å². The summed E-state index contributed by atoms with van der Waals surface area (Å²) in [6, 6.07) is 0. The van der Waals surface area contributed by atoms with Gasteiger partial charge in [-0.3, -0.25) is 0 Å². The van der Waals surface area contributed by atoms with Crippen LogP contribution in [0.2, 0.25) is 0 Å². The smallest absolute Gasteiger partial charge is 0.241 e. The summed E-state index contributed by atoms with van der Waals surface area (Å²) in [7, 11) is -3.51. The Labute approximate surface area is 92.1 Å². The molecule has 0 bridgehead atoms. The van der Waals surface area contributed by atoms with Crippen molar-refractivity contribution in [3.8, 4) is 0 Å². The van der Waals surface area contributed by atoms with Crippen molar-refractivity contribution in [3.63, 3.8) is 0 Å². The van der Waals surface area contributed by atoms with Crippen molar-refractivity contribution in [2.45, 2.75) is 13.5 Å². The molecule has 1 heterocycles. The SMILES string of the molecule is Cc1noc(CNS(=O)(=O)CC(N)=S)n1. The first-order chi connectivity index (χ1) is 6.89. The van der Waals surface area contributed by atoms with Crippen molar-refractivity contribution in [3.05, 3.63) is 11.7 Å². The molecule has 0 aliphatic heterocycles. The van der Waals surface area contributed by atoms with Crippen LogP contribution in [-0.4, -0.2) is 29.3 Å². The van der Waals surface area contributed by atoms with Gasteiger partial charge in [-0.05, 0) is 6.92 Å². The predicted octanol–water partition coefficient (Wildman–Crippen LogP) is -0.916. The summed E-state index contributed by atoms with van der Waals surface area (Å²) in [6.07, 6.45) is 0. The van der Waals surface area contributed by atoms with Gasteiger partial charge in [0, 0.05) is 0 Å². The van der Waals surface area contributed by atoms with Gasteiger partial charge >= 0.3 is 0 Å². The van der Waals surface area contributed by atoms with E-state index in [4.69, 9.17) is 10.3 Å². The van der Waals surface area contributed by atoms with Crippen LogP contribution in [0.15, 0.2) is 4.52 Å². The van der Waals surface area contributed by atoms with Crippen molar-refractivity contribution in [1.29, 1.82) is 0 Å². The predicted molar refractivity (Wildman–Crippen MR) is 56.4 cm³/mol. The Hall–Kier alpha value is -1.06. The van der Waals surface area contributed by atoms with Gasteiger partial charge in [0.2, 0.25) is 15.9 Å². The summed E-state index contributed by atoms with van der Waals surface area (Å²) in [5, 5.41) is 3.51. The third-order valence-electron chi connectivity index (χ3n) is 1.35. The maximum atomic E-state index is 11.3. The van der Waals surface area contributed by atoms with Gasteiger partial charge in [0.1, 0.15) is 5.75 Å². The first-order valence-electron chi connectivity index (χ1n) is 3.94. The maximum absolute atomic E-state index is 11.3. The van der Waals surface area contributed by atoms with Gasteiger partial charge < -0.3 is 10.3 Å². The first kappa shape index (κ1) is 12.0. The van der Waals surface area contributed by atoms with E-state index in [9.17, 15) is 8.42 Å². The number of rotatable bonds is 5. The molecule has 0 atom stereocenters. The van der Waals surface area contributed by atoms with E-state index in [1.807, 2.05) is 0 Å². The molecule has 0 aliphatic rings. The Bertz CT molecular complexity index is 453. The van der Waals surface area contributed by atoms with Gasteiger partial charge in [-0.15, -0.1) is 0 Å². The Morgan fingerprint density at radius 1 is 1.67 bits per heavy atom. The number of aromatic nitrogens is 2. The monoisotopic (exact) mass is 250 g/mol. The zero-order chi connectivity index (χ0) is 11.5. The van der Waals surface area contributed by atoms with Crippen LogP contribution in [0.4, 0.5) is 0 Å². The van der Waals surface area contributed by atoms with E-state index in [2.05, 4.69) is 27.1 Å². The minimum absolute atomic E-state index is 0.0637. The summed E-state index contributed by atoms with van der Waals surface area (Å²) in [6.45, 7) is 1.57. The molecule has 7 nitrogen and oxygen atoms in total. The van der Waals surface area contributed by atoms with E-state index in [0.29, 0.717) is 5.82 Å². The highest BCUT2D eigenvalue weighted by atomic mass is 32.2. The highest BCUT2D eigenvalue weighted by molar-refractivity contribution is 7.92. The second-order valence-electron chi connectivity index (χ2n) is 2.78. The average molecular weight is 250 g/mol. The number of sulfonamides is 1. The second-order valence-corrected chi connectivity index (χ2v) is 5.11. The summed E-state index contributed by atoms with van der Waals surface area (Å²) in [4.78, 5) is 3.73. The van der Waals surface area contributed by atoms with E-state index in [1.54, 1.807) is 6.92 Å².